The van der Waals surface area contributed by atoms with E-state index in [4.69, 9.17) is 19.7 Å². The van der Waals surface area contributed by atoms with Crippen LogP contribution >= 0.6 is 24.1 Å². The molecule has 4 aliphatic rings. The second-order valence-corrected chi connectivity index (χ2v) is 21.0. The van der Waals surface area contributed by atoms with E-state index in [0.29, 0.717) is 77.0 Å². The van der Waals surface area contributed by atoms with Crippen molar-refractivity contribution in [3.8, 4) is 0 Å². The number of imide groups is 1. The maximum atomic E-state index is 14.3. The fraction of sp³-hybridized carbons (Fsp3) is 0.439. The zero-order chi connectivity index (χ0) is 48.2. The van der Waals surface area contributed by atoms with Crippen molar-refractivity contribution in [3.05, 3.63) is 82.3 Å². The molecule has 66 heavy (non-hydrogen) atoms. The summed E-state index contributed by atoms with van der Waals surface area (Å²) in [4.78, 5) is 57.8. The Hall–Kier alpha value is -4.51. The quantitative estimate of drug-likeness (QED) is 0.0124. The topological polar surface area (TPSA) is 293 Å². The molecule has 0 radical (unpaired) electrons. The van der Waals surface area contributed by atoms with E-state index in [-0.39, 0.29) is 54.0 Å². The highest BCUT2D eigenvalue weighted by Crippen LogP contribution is 2.53. The zero-order valence-electron chi connectivity index (χ0n) is 35.8. The predicted octanol–water partition coefficient (Wildman–Crippen LogP) is 6.02. The molecule has 358 valence electrons. The number of allylic oxidation sites excluding steroid dienone is 5. The number of nitrogens with zero attached hydrogens (tertiary/aromatic N) is 3. The third-order valence-electron chi connectivity index (χ3n) is 11.8. The van der Waals surface area contributed by atoms with Gasteiger partial charge in [-0.3, -0.25) is 23.5 Å². The van der Waals surface area contributed by atoms with E-state index in [2.05, 4.69) is 14.4 Å². The molecule has 25 heteroatoms. The van der Waals surface area contributed by atoms with Crippen LogP contribution in [0.15, 0.2) is 80.9 Å². The number of hydrogen-bond donors (Lipinski definition) is 5. The third-order valence-corrected chi connectivity index (χ3v) is 14.7. The first-order valence-corrected chi connectivity index (χ1v) is 25.2. The molecular formula is C41H48N3O18S4+. The molecule has 0 aromatic heterocycles. The molecule has 1 saturated heterocycles. The normalized spacial score (nSPS) is 20.6. The van der Waals surface area contributed by atoms with Gasteiger partial charge < -0.3 is 14.8 Å². The van der Waals surface area contributed by atoms with Crippen LogP contribution in [0.3, 0.4) is 0 Å². The summed E-state index contributed by atoms with van der Waals surface area (Å²) in [6.45, 7) is 5.77. The van der Waals surface area contributed by atoms with Crippen LogP contribution in [-0.4, -0.2) is 105 Å². The molecule has 21 nitrogen and oxygen atoms in total. The van der Waals surface area contributed by atoms with Gasteiger partial charge in [-0.25, -0.2) is 15.3 Å². The third kappa shape index (κ3) is 11.1. The van der Waals surface area contributed by atoms with Gasteiger partial charge in [0.25, 0.3) is 32.1 Å². The van der Waals surface area contributed by atoms with Crippen LogP contribution in [-0.2, 0) is 73.8 Å². The van der Waals surface area contributed by atoms with Crippen LogP contribution in [0.1, 0.15) is 89.7 Å². The predicted molar refractivity (Wildman–Crippen MR) is 235 cm³/mol. The van der Waals surface area contributed by atoms with E-state index in [1.807, 2.05) is 24.0 Å². The fourth-order valence-corrected chi connectivity index (χ4v) is 10.3. The van der Waals surface area contributed by atoms with Crippen molar-refractivity contribution in [2.45, 2.75) is 99.2 Å². The number of Topliss-reactive ketones (excluding diaryl/α,β-unsaturated/α-hetero) is 1. The summed E-state index contributed by atoms with van der Waals surface area (Å²) in [5.74, 6) is -3.03. The second kappa shape index (κ2) is 20.8. The molecule has 2 aromatic carbocycles. The Labute approximate surface area is 388 Å². The average Bonchev–Trinajstić information content (AvgIpc) is 3.77. The first-order valence-electron chi connectivity index (χ1n) is 20.5. The lowest BCUT2D eigenvalue weighted by Gasteiger charge is -2.32. The summed E-state index contributed by atoms with van der Waals surface area (Å²) in [5.41, 5.74) is 1.35. The number of hydrogen-bond acceptors (Lipinski definition) is 19. The highest BCUT2D eigenvalue weighted by molar-refractivity contribution is 7.94. The van der Waals surface area contributed by atoms with Crippen molar-refractivity contribution in [2.24, 2.45) is 0 Å². The molecule has 1 unspecified atom stereocenters. The van der Waals surface area contributed by atoms with Crippen LogP contribution in [0, 0.1) is 0 Å². The van der Waals surface area contributed by atoms with Crippen molar-refractivity contribution in [2.75, 3.05) is 29.5 Å². The summed E-state index contributed by atoms with van der Waals surface area (Å²) in [6.07, 6.45) is 5.12. The van der Waals surface area contributed by atoms with Crippen LogP contribution in [0.4, 0.5) is 11.4 Å². The summed E-state index contributed by atoms with van der Waals surface area (Å²) in [7, 11) is -8.98. The Bertz CT molecular complexity index is 2630. The van der Waals surface area contributed by atoms with Crippen LogP contribution < -0.4 is 4.90 Å². The highest BCUT2D eigenvalue weighted by atomic mass is 32.2. The number of hydroxylamine groups is 2. The van der Waals surface area contributed by atoms with Gasteiger partial charge in [0, 0.05) is 89.4 Å². The number of carbonyl (C=O) groups excluding carboxylic acids is 4. The molecule has 1 fully saturated rings. The van der Waals surface area contributed by atoms with Crippen LogP contribution in [0.2, 0.25) is 0 Å². The van der Waals surface area contributed by atoms with Gasteiger partial charge in [-0.1, -0.05) is 22.9 Å². The number of aliphatic hydroxyl groups is 1. The van der Waals surface area contributed by atoms with Gasteiger partial charge in [-0.05, 0) is 82.0 Å². The Morgan fingerprint density at radius 3 is 2.24 bits per heavy atom. The molecule has 1 atom stereocenters. The number of rotatable bonds is 23. The van der Waals surface area contributed by atoms with Crippen molar-refractivity contribution >= 4 is 85.0 Å². The van der Waals surface area contributed by atoms with E-state index in [1.54, 1.807) is 30.6 Å². The lowest BCUT2D eigenvalue weighted by molar-refractivity contribution is -0.437. The van der Waals surface area contributed by atoms with E-state index < -0.39 is 60.4 Å². The maximum Gasteiger partial charge on any atom is 0.333 e. The van der Waals surface area contributed by atoms with Gasteiger partial charge >= 0.3 is 5.97 Å². The van der Waals surface area contributed by atoms with Crippen molar-refractivity contribution in [3.63, 3.8) is 0 Å². The monoisotopic (exact) mass is 998 g/mol. The van der Waals surface area contributed by atoms with E-state index >= 15 is 0 Å². The molecule has 5 N–H and O–H groups in total. The Kier molecular flexibility index (Phi) is 16.0. The average molecular weight is 999 g/mol. The summed E-state index contributed by atoms with van der Waals surface area (Å²) < 4.78 is 77.8. The van der Waals surface area contributed by atoms with Crippen molar-refractivity contribution < 1.29 is 88.9 Å². The van der Waals surface area contributed by atoms with Crippen LogP contribution in [0.25, 0.3) is 0 Å². The molecule has 3 aliphatic heterocycles. The SMILES string of the molecule is CC1(C)C(C=C2C(=O)C(C=C3N(CCCSOOO)c4ccc(SOOO)cc4C3(C)CCCCCC(=O)ON3C(=O)CCC3=O)=C2O)=[N+](CCCS(=O)(=O)O)c2ccc(S(=O)(=O)O)cc21. The minimum absolute atomic E-state index is 0.00415. The molecule has 1 aliphatic carbocycles. The standard InChI is InChI=1S/C41H47N3O18S4/c1-40(2)29-22-26(66(55,56)57)11-13-31(29)42(18-8-20-65(52,53)54)33(40)23-27-38(48)28(39(27)49)24-34-41(3,16-6-4-5-9-37(47)58-44-35(45)14-15-36(44)46)30-21-25(64-62-60-51)10-12-32(30)43(34)17-7-19-63-61-59-50/h10-13,21-24H,4-9,14-20H2,1-3H3,(H4-,48,50,51,52,53,54,55,56,57)/p+1. The smallest absolute Gasteiger partial charge is 0.333 e. The van der Waals surface area contributed by atoms with Crippen molar-refractivity contribution in [1.29, 1.82) is 0 Å². The Morgan fingerprint density at radius 2 is 1.59 bits per heavy atom. The van der Waals surface area contributed by atoms with Gasteiger partial charge in [-0.2, -0.15) is 21.4 Å². The number of benzene rings is 2. The number of carbonyl (C=O) groups is 4. The van der Waals surface area contributed by atoms with E-state index in [9.17, 15) is 50.2 Å². The minimum atomic E-state index is -4.62. The molecular weight excluding hydrogens is 951 g/mol. The van der Waals surface area contributed by atoms with Crippen molar-refractivity contribution in [1.82, 2.24) is 5.06 Å². The highest BCUT2D eigenvalue weighted by Gasteiger charge is 2.49. The molecule has 2 amide bonds. The van der Waals surface area contributed by atoms with Gasteiger partial charge in [0.15, 0.2) is 5.71 Å². The molecule has 3 heterocycles. The van der Waals surface area contributed by atoms with Gasteiger partial charge in [-0.15, -0.1) is 13.7 Å². The maximum absolute atomic E-state index is 14.3. The lowest BCUT2D eigenvalue weighted by atomic mass is 9.75. The molecule has 6 rings (SSSR count). The largest absolute Gasteiger partial charge is 0.506 e. The molecule has 0 spiro atoms. The zero-order valence-corrected chi connectivity index (χ0v) is 39.1. The summed E-state index contributed by atoms with van der Waals surface area (Å²) >= 11 is 1.60. The first kappa shape index (κ1) is 50.9. The fourth-order valence-electron chi connectivity index (χ4n) is 8.58. The number of ketones is 1. The number of aliphatic hydroxyl groups excluding tert-OH is 1. The summed E-state index contributed by atoms with van der Waals surface area (Å²) in [6, 6.07) is 9.28. The second-order valence-electron chi connectivity index (χ2n) is 16.4. The molecule has 0 saturated carbocycles. The van der Waals surface area contributed by atoms with Crippen LogP contribution in [0.5, 0.6) is 0 Å². The van der Waals surface area contributed by atoms with Gasteiger partial charge in [0.1, 0.15) is 12.3 Å². The number of fused-ring (bicyclic) bond motifs is 2. The molecule has 0 bridgehead atoms. The van der Waals surface area contributed by atoms with E-state index in [1.165, 1.54) is 24.3 Å². The number of anilines is 1. The van der Waals surface area contributed by atoms with Gasteiger partial charge in [0.05, 0.1) is 39.3 Å². The number of unbranched alkanes of at least 4 members (excludes halogenated alkanes) is 2. The van der Waals surface area contributed by atoms with Gasteiger partial charge in [0.2, 0.25) is 11.5 Å². The Morgan fingerprint density at radius 1 is 0.879 bits per heavy atom. The lowest BCUT2D eigenvalue weighted by Crippen LogP contribution is -2.33. The number of amides is 2. The van der Waals surface area contributed by atoms with E-state index in [0.717, 1.165) is 35.3 Å². The Balaban J connectivity index is 1.36. The first-order chi connectivity index (χ1) is 31.1. The minimum Gasteiger partial charge on any atom is -0.506 e. The molecule has 2 aromatic rings. The summed E-state index contributed by atoms with van der Waals surface area (Å²) in [5, 5.41) is 37.3.